The van der Waals surface area contributed by atoms with Crippen LogP contribution in [0.1, 0.15) is 146 Å². The fourth-order valence-electron chi connectivity index (χ4n) is 13.9. The molecule has 0 bridgehead atoms. The number of rotatable bonds is 12. The highest BCUT2D eigenvalue weighted by Gasteiger charge is 2.39. The average molecular weight is 1510 g/mol. The van der Waals surface area contributed by atoms with Crippen molar-refractivity contribution in [2.24, 2.45) is 11.8 Å². The lowest BCUT2D eigenvalue weighted by atomic mass is 10.0. The number of hydrazine groups is 3. The van der Waals surface area contributed by atoms with Gasteiger partial charge in [0, 0.05) is 87.7 Å². The van der Waals surface area contributed by atoms with Gasteiger partial charge in [-0.05, 0) is 190 Å². The molecule has 0 spiro atoms. The van der Waals surface area contributed by atoms with E-state index in [0.29, 0.717) is 116 Å². The first-order chi connectivity index (χ1) is 48.3. The third-order valence-electron chi connectivity index (χ3n) is 18.6. The lowest BCUT2D eigenvalue weighted by Crippen LogP contribution is -2.45. The highest BCUT2D eigenvalue weighted by Crippen LogP contribution is 2.41. The maximum absolute atomic E-state index is 13.4. The van der Waals surface area contributed by atoms with E-state index in [0.717, 1.165) is 132 Å². The molecule has 3 N–H and O–H groups in total. The van der Waals surface area contributed by atoms with Gasteiger partial charge in [-0.3, -0.25) is 30.7 Å². The second kappa shape index (κ2) is 31.8. The van der Waals surface area contributed by atoms with E-state index in [1.54, 1.807) is 84.5 Å². The Labute approximate surface area is 615 Å². The highest BCUT2D eigenvalue weighted by molar-refractivity contribution is 7.08. The van der Waals surface area contributed by atoms with Crippen molar-refractivity contribution in [3.8, 4) is 17.1 Å². The molecule has 2 unspecified atom stereocenters. The third-order valence-corrected chi connectivity index (χ3v) is 22.3. The first kappa shape index (κ1) is 69.6. The van der Waals surface area contributed by atoms with E-state index in [9.17, 15) is 14.4 Å². The summed E-state index contributed by atoms with van der Waals surface area (Å²) in [5.74, 6) is 0.705. The van der Waals surface area contributed by atoms with Crippen molar-refractivity contribution < 1.29 is 28.6 Å². The topological polar surface area (TPSA) is 178 Å². The molecule has 514 valence electrons. The van der Waals surface area contributed by atoms with Crippen molar-refractivity contribution in [2.75, 3.05) is 59.1 Å². The van der Waals surface area contributed by atoms with Crippen molar-refractivity contribution in [3.05, 3.63) is 203 Å². The molecular weight excluding hydrogens is 1440 g/mol. The van der Waals surface area contributed by atoms with Crippen LogP contribution in [0.3, 0.4) is 0 Å². The number of halogens is 6. The second-order valence-electron chi connectivity index (χ2n) is 25.3. The summed E-state index contributed by atoms with van der Waals surface area (Å²) in [7, 11) is 0. The lowest BCUT2D eigenvalue weighted by Gasteiger charge is -2.26. The van der Waals surface area contributed by atoms with Crippen LogP contribution in [-0.2, 0) is 34.0 Å². The highest BCUT2D eigenvalue weighted by atomic mass is 35.5. The first-order valence-corrected chi connectivity index (χ1v) is 38.2. The molecule has 6 aliphatic heterocycles. The van der Waals surface area contributed by atoms with Crippen LogP contribution in [-0.4, -0.2) is 121 Å². The number of thiophene rings is 3. The van der Waals surface area contributed by atoms with Gasteiger partial charge < -0.3 is 14.2 Å². The van der Waals surface area contributed by atoms with Crippen molar-refractivity contribution in [2.45, 2.75) is 84.0 Å². The Balaban J connectivity index is 0.000000127. The van der Waals surface area contributed by atoms with Gasteiger partial charge >= 0.3 is 0 Å². The molecule has 27 heteroatoms. The van der Waals surface area contributed by atoms with Crippen LogP contribution in [0.15, 0.2) is 105 Å². The van der Waals surface area contributed by atoms with Gasteiger partial charge in [-0.25, -0.2) is 29.1 Å². The predicted octanol–water partition coefficient (Wildman–Crippen LogP) is 17.0. The molecule has 2 atom stereocenters. The molecule has 12 heterocycles. The molecule has 16 rings (SSSR count). The third kappa shape index (κ3) is 15.9. The predicted molar refractivity (Wildman–Crippen MR) is 397 cm³/mol. The van der Waals surface area contributed by atoms with Gasteiger partial charge in [-0.1, -0.05) is 95.3 Å². The van der Waals surface area contributed by atoms with Crippen LogP contribution >= 0.6 is 104 Å². The summed E-state index contributed by atoms with van der Waals surface area (Å²) >= 11 is 43.0. The summed E-state index contributed by atoms with van der Waals surface area (Å²) in [6.07, 6.45) is 17.9. The molecule has 0 radical (unpaired) electrons. The summed E-state index contributed by atoms with van der Waals surface area (Å²) < 4.78 is 22.9. The summed E-state index contributed by atoms with van der Waals surface area (Å²) in [5.41, 5.74) is 23.2. The van der Waals surface area contributed by atoms with E-state index in [4.69, 9.17) is 99.1 Å². The smallest absolute Gasteiger partial charge is 0.286 e. The number of nitrogens with zero attached hydrogens (tertiary/aromatic N) is 9. The zero-order valence-corrected chi connectivity index (χ0v) is 60.8. The number of amides is 3. The Morgan fingerprint density at radius 2 is 0.737 bits per heavy atom. The van der Waals surface area contributed by atoms with Gasteiger partial charge in [0.05, 0.1) is 88.9 Å². The Hall–Kier alpha value is -6.48. The number of fused-ring (bicyclic) bond motifs is 4. The zero-order valence-electron chi connectivity index (χ0n) is 53.8. The molecule has 1 aliphatic carbocycles. The first-order valence-electron chi connectivity index (χ1n) is 33.1. The van der Waals surface area contributed by atoms with Crippen LogP contribution in [0.25, 0.3) is 52.0 Å². The molecule has 3 amide bonds. The Morgan fingerprint density at radius 3 is 1.05 bits per heavy atom. The van der Waals surface area contributed by atoms with E-state index in [2.05, 4.69) is 67.8 Å². The number of ether oxygens (including phenoxy) is 3. The fourth-order valence-corrected chi connectivity index (χ4v) is 17.2. The number of aromatic nitrogens is 6. The molecule has 1 saturated carbocycles. The normalized spacial score (nSPS) is 19.9. The monoisotopic (exact) mass is 1500 g/mol. The van der Waals surface area contributed by atoms with Gasteiger partial charge in [0.25, 0.3) is 17.7 Å². The van der Waals surface area contributed by atoms with Crippen molar-refractivity contribution in [1.82, 2.24) is 60.6 Å². The van der Waals surface area contributed by atoms with Crippen LogP contribution in [0.2, 0.25) is 30.1 Å². The molecule has 9 aromatic rings. The summed E-state index contributed by atoms with van der Waals surface area (Å²) in [4.78, 5) is 40.0. The second-order valence-corrected chi connectivity index (χ2v) is 30.2. The minimum Gasteiger partial charge on any atom is -0.372 e. The van der Waals surface area contributed by atoms with Gasteiger partial charge in [-0.15, -0.1) is 0 Å². The van der Waals surface area contributed by atoms with Crippen molar-refractivity contribution in [3.63, 3.8) is 0 Å². The lowest BCUT2D eigenvalue weighted by molar-refractivity contribution is 0.0736. The minimum absolute atomic E-state index is 0.208. The number of benzene rings is 3. The Morgan fingerprint density at radius 1 is 0.414 bits per heavy atom. The molecule has 6 aromatic heterocycles. The molecule has 3 aromatic carbocycles. The molecule has 3 saturated heterocycles. The summed E-state index contributed by atoms with van der Waals surface area (Å²) in [6.45, 7) is 7.40. The number of nitrogens with one attached hydrogen (secondary N) is 3. The molecule has 7 aliphatic rings. The number of hydrogen-bond donors (Lipinski definition) is 3. The molecule has 4 fully saturated rings. The fraction of sp³-hybridized carbons (Fsp3) is 0.333. The van der Waals surface area contributed by atoms with Gasteiger partial charge in [0.2, 0.25) is 0 Å². The molecule has 18 nitrogen and oxygen atoms in total. The molecular formula is C72H70Cl6N12O6S3. The van der Waals surface area contributed by atoms with E-state index in [-0.39, 0.29) is 17.7 Å². The largest absolute Gasteiger partial charge is 0.372 e. The maximum Gasteiger partial charge on any atom is 0.286 e. The van der Waals surface area contributed by atoms with E-state index in [1.165, 1.54) is 38.5 Å². The summed E-state index contributed by atoms with van der Waals surface area (Å²) in [5, 5.41) is 35.6. The van der Waals surface area contributed by atoms with Gasteiger partial charge in [0.15, 0.2) is 17.1 Å². The number of piperidine rings is 1. The quantitative estimate of drug-likeness (QED) is 0.106. The number of carbonyl (C=O) groups is 3. The standard InChI is InChI=1S/C25H24Cl2N4O2S.C24H24Cl2N4O2S.C23H22Cl2N4O2S/c26-19-4-5-22(21(27)9-19)31-24-18(8-15-6-7-34-14-15)12-33-13-20(24)23(28-31)25(32)29-30-10-16-2-1-3-17(16)11-30;25-18-5-6-21(20(26)12-18)30-23-17(11-16-7-10-33-15-16)13-32-14-19(23)22(27-30)24(31)28-29-8-3-1-2-4-9-29;24-17-4-5-20(19(25)11-17)29-22-16(10-15-6-9-32-14-15)12-31-13-18(22)21(26-29)23(30)27-28-7-2-1-3-8-28/h4-9,14,16-17H,1-3,10-13H2,(H,29,32);5-7,10-12,15H,1-4,8-9,13-14H2,(H,28,31);4-6,9-11,14H,1-3,7-8,12-13H2,(H,27,30)/b18-8+;17-11+;16-10+. The van der Waals surface area contributed by atoms with Crippen LogP contribution in [0, 0.1) is 11.8 Å². The van der Waals surface area contributed by atoms with Crippen LogP contribution in [0.5, 0.6) is 0 Å². The van der Waals surface area contributed by atoms with Crippen molar-refractivity contribution in [1.29, 1.82) is 0 Å². The van der Waals surface area contributed by atoms with E-state index >= 15 is 0 Å². The number of carbonyl (C=O) groups excluding carboxylic acids is 3. The van der Waals surface area contributed by atoms with E-state index in [1.807, 2.05) is 50.4 Å². The minimum atomic E-state index is -0.229. The Kier molecular flexibility index (Phi) is 22.4. The summed E-state index contributed by atoms with van der Waals surface area (Å²) in [6, 6.07) is 22.0. The molecule has 99 heavy (non-hydrogen) atoms. The van der Waals surface area contributed by atoms with E-state index < -0.39 is 0 Å². The maximum atomic E-state index is 13.4. The van der Waals surface area contributed by atoms with Gasteiger partial charge in [0.1, 0.15) is 0 Å². The van der Waals surface area contributed by atoms with Crippen molar-refractivity contribution >= 4 is 156 Å². The SMILES string of the molecule is O=C(NN1CC2CCCC2C1)c1nn(-c2ccc(Cl)cc2Cl)c2c1COC/C2=C\c1ccsc1.O=C(NN1CCCCC1)c1nn(-c2ccc(Cl)cc2Cl)c2c1COC/C2=C\c1ccsc1.O=C(NN1CCCCCC1)c1nn(-c2ccc(Cl)cc2Cl)c2c1COC/C2=C\c1ccsc1. The van der Waals surface area contributed by atoms with Crippen LogP contribution in [0.4, 0.5) is 0 Å². The Bertz CT molecular complexity index is 4500. The van der Waals surface area contributed by atoms with Gasteiger partial charge in [-0.2, -0.15) is 49.3 Å². The number of hydrogen-bond acceptors (Lipinski definition) is 15. The zero-order chi connectivity index (χ0) is 68.1. The average Bonchev–Trinajstić information content (AvgIpc) is 1.63. The van der Waals surface area contributed by atoms with Crippen LogP contribution < -0.4 is 16.3 Å².